The van der Waals surface area contributed by atoms with Crippen LogP contribution in [0.15, 0.2) is 48.5 Å². The van der Waals surface area contributed by atoms with Crippen LogP contribution in [0.5, 0.6) is 0 Å². The zero-order valence-corrected chi connectivity index (χ0v) is 19.0. The number of carbonyl (C=O) groups excluding carboxylic acids is 2. The number of ether oxygens (including phenoxy) is 2. The monoisotopic (exact) mass is 454 g/mol. The molecule has 33 heavy (non-hydrogen) atoms. The van der Waals surface area contributed by atoms with Crippen molar-refractivity contribution in [3.05, 3.63) is 59.7 Å². The van der Waals surface area contributed by atoms with Crippen molar-refractivity contribution in [2.45, 2.75) is 31.8 Å². The second kappa shape index (κ2) is 11.5. The number of nitrogens with zero attached hydrogens (tertiary/aromatic N) is 1. The lowest BCUT2D eigenvalue weighted by Crippen LogP contribution is -2.44. The highest BCUT2D eigenvalue weighted by molar-refractivity contribution is 5.84. The molecule has 8 heteroatoms. The number of hydrogen-bond acceptors (Lipinski definition) is 5. The van der Waals surface area contributed by atoms with E-state index in [2.05, 4.69) is 29.6 Å². The molecule has 1 aliphatic carbocycles. The zero-order chi connectivity index (χ0) is 23.8. The summed E-state index contributed by atoms with van der Waals surface area (Å²) in [6, 6.07) is 16.2. The summed E-state index contributed by atoms with van der Waals surface area (Å²) in [5, 5.41) is 11.7. The zero-order valence-electron chi connectivity index (χ0n) is 19.0. The van der Waals surface area contributed by atoms with Crippen molar-refractivity contribution in [3.8, 4) is 11.1 Å². The lowest BCUT2D eigenvalue weighted by Gasteiger charge is -2.25. The molecule has 0 saturated heterocycles. The van der Waals surface area contributed by atoms with Gasteiger partial charge in [0.2, 0.25) is 0 Å². The molecule has 3 rings (SSSR count). The average Bonchev–Trinajstić information content (AvgIpc) is 3.13. The first-order valence-electron chi connectivity index (χ1n) is 11.1. The second-order valence-electron chi connectivity index (χ2n) is 7.92. The normalized spacial score (nSPS) is 13.0. The molecular formula is C25H30N2O6. The summed E-state index contributed by atoms with van der Waals surface area (Å²) in [5.41, 5.74) is 4.57. The Bertz CT molecular complexity index is 947. The summed E-state index contributed by atoms with van der Waals surface area (Å²) >= 11 is 0. The maximum absolute atomic E-state index is 12.6. The van der Waals surface area contributed by atoms with E-state index in [0.717, 1.165) is 22.3 Å². The van der Waals surface area contributed by atoms with Crippen molar-refractivity contribution < 1.29 is 29.0 Å². The van der Waals surface area contributed by atoms with Gasteiger partial charge in [-0.1, -0.05) is 55.5 Å². The molecule has 176 valence electrons. The van der Waals surface area contributed by atoms with Gasteiger partial charge in [-0.2, -0.15) is 0 Å². The molecule has 0 aliphatic heterocycles. The van der Waals surface area contributed by atoms with Gasteiger partial charge in [0, 0.05) is 32.5 Å². The third-order valence-electron chi connectivity index (χ3n) is 5.71. The molecule has 0 heterocycles. The summed E-state index contributed by atoms with van der Waals surface area (Å²) in [6.45, 7) is 2.17. The number of hydrogen-bond donors (Lipinski definition) is 2. The van der Waals surface area contributed by atoms with E-state index in [9.17, 15) is 14.4 Å². The van der Waals surface area contributed by atoms with Crippen LogP contribution in [0.4, 0.5) is 4.79 Å². The van der Waals surface area contributed by atoms with Gasteiger partial charge >= 0.3 is 12.1 Å². The minimum Gasteiger partial charge on any atom is -0.480 e. The Kier molecular flexibility index (Phi) is 8.43. The number of methoxy groups -OCH3 is 1. The lowest BCUT2D eigenvalue weighted by molar-refractivity contribution is -0.150. The maximum Gasteiger partial charge on any atom is 0.407 e. The number of carboxylic acids is 1. The molecule has 0 fully saturated rings. The third kappa shape index (κ3) is 5.90. The topological polar surface area (TPSA) is 105 Å². The first kappa shape index (κ1) is 24.3. The molecule has 2 N–H and O–H groups in total. The molecule has 0 radical (unpaired) electrons. The van der Waals surface area contributed by atoms with Gasteiger partial charge in [-0.15, -0.1) is 0 Å². The largest absolute Gasteiger partial charge is 0.480 e. The smallest absolute Gasteiger partial charge is 0.407 e. The molecule has 1 unspecified atom stereocenters. The van der Waals surface area contributed by atoms with E-state index in [4.69, 9.17) is 14.6 Å². The Morgan fingerprint density at radius 3 is 2.21 bits per heavy atom. The van der Waals surface area contributed by atoms with Crippen LogP contribution in [0.25, 0.3) is 11.1 Å². The Balaban J connectivity index is 1.51. The van der Waals surface area contributed by atoms with Crippen LogP contribution >= 0.6 is 0 Å². The van der Waals surface area contributed by atoms with Crippen molar-refractivity contribution in [2.24, 2.45) is 0 Å². The number of benzene rings is 2. The molecule has 0 spiro atoms. The van der Waals surface area contributed by atoms with E-state index in [0.29, 0.717) is 13.0 Å². The number of nitrogens with one attached hydrogen (secondary N) is 1. The van der Waals surface area contributed by atoms with Crippen LogP contribution in [0.1, 0.15) is 36.8 Å². The second-order valence-corrected chi connectivity index (χ2v) is 7.92. The standard InChI is InChI=1S/C25H30N2O6/c1-3-14-27(15-23(28)29)24(30)22(32-2)12-13-26-25(31)33-16-21-19-10-6-4-8-17(19)18-9-5-7-11-20(18)21/h4-11,21-22H,3,12-16H2,1-2H3,(H,26,31)(H,28,29). The highest BCUT2D eigenvalue weighted by Gasteiger charge is 2.29. The van der Waals surface area contributed by atoms with Crippen LogP contribution < -0.4 is 5.32 Å². The molecular weight excluding hydrogens is 424 g/mol. The van der Waals surface area contributed by atoms with Crippen molar-refractivity contribution in [1.82, 2.24) is 10.2 Å². The summed E-state index contributed by atoms with van der Waals surface area (Å²) in [4.78, 5) is 37.2. The van der Waals surface area contributed by atoms with Crippen LogP contribution in [0.2, 0.25) is 0 Å². The summed E-state index contributed by atoms with van der Waals surface area (Å²) < 4.78 is 10.7. The van der Waals surface area contributed by atoms with E-state index in [1.54, 1.807) is 0 Å². The summed E-state index contributed by atoms with van der Waals surface area (Å²) in [5.74, 6) is -1.52. The van der Waals surface area contributed by atoms with Crippen LogP contribution in [0, 0.1) is 0 Å². The van der Waals surface area contributed by atoms with Gasteiger partial charge in [-0.25, -0.2) is 4.79 Å². The fraction of sp³-hybridized carbons (Fsp3) is 0.400. The number of carboxylic acid groups (broad SMARTS) is 1. The van der Waals surface area contributed by atoms with Crippen LogP contribution in [0.3, 0.4) is 0 Å². The van der Waals surface area contributed by atoms with Crippen molar-refractivity contribution in [1.29, 1.82) is 0 Å². The van der Waals surface area contributed by atoms with E-state index < -0.39 is 24.1 Å². The highest BCUT2D eigenvalue weighted by atomic mass is 16.5. The first-order valence-corrected chi connectivity index (χ1v) is 11.1. The summed E-state index contributed by atoms with van der Waals surface area (Å²) in [7, 11) is 1.39. The third-order valence-corrected chi connectivity index (χ3v) is 5.71. The lowest BCUT2D eigenvalue weighted by atomic mass is 9.98. The van der Waals surface area contributed by atoms with Crippen molar-refractivity contribution >= 4 is 18.0 Å². The number of rotatable bonds is 11. The predicted molar refractivity (Wildman–Crippen MR) is 123 cm³/mol. The number of aliphatic carboxylic acids is 1. The molecule has 0 saturated carbocycles. The van der Waals surface area contributed by atoms with Gasteiger partial charge in [-0.3, -0.25) is 9.59 Å². The van der Waals surface area contributed by atoms with Gasteiger partial charge in [0.25, 0.3) is 5.91 Å². The van der Waals surface area contributed by atoms with Crippen molar-refractivity contribution in [2.75, 3.05) is 33.4 Å². The van der Waals surface area contributed by atoms with Crippen LogP contribution in [-0.2, 0) is 19.1 Å². The Morgan fingerprint density at radius 2 is 1.67 bits per heavy atom. The van der Waals surface area contributed by atoms with Gasteiger partial charge in [-0.05, 0) is 28.7 Å². The molecule has 2 aromatic carbocycles. The van der Waals surface area contributed by atoms with Crippen LogP contribution in [-0.4, -0.2) is 67.4 Å². The fourth-order valence-corrected chi connectivity index (χ4v) is 4.20. The SMILES string of the molecule is CCCN(CC(=O)O)C(=O)C(CCNC(=O)OCC1c2ccccc2-c2ccccc21)OC. The molecule has 2 amide bonds. The number of fused-ring (bicyclic) bond motifs is 3. The highest BCUT2D eigenvalue weighted by Crippen LogP contribution is 2.44. The minimum absolute atomic E-state index is 0.0323. The number of alkyl carbamates (subject to hydrolysis) is 1. The average molecular weight is 455 g/mol. The molecule has 8 nitrogen and oxygen atoms in total. The molecule has 2 aromatic rings. The van der Waals surface area contributed by atoms with Gasteiger partial charge in [0.15, 0.2) is 0 Å². The molecule has 0 aromatic heterocycles. The van der Waals surface area contributed by atoms with E-state index in [-0.39, 0.29) is 32.0 Å². The van der Waals surface area contributed by atoms with Gasteiger partial charge in [0.05, 0.1) is 0 Å². The molecule has 1 atom stereocenters. The Hall–Kier alpha value is -3.39. The predicted octanol–water partition coefficient (Wildman–Crippen LogP) is 3.25. The number of amides is 2. The Labute approximate surface area is 193 Å². The quantitative estimate of drug-likeness (QED) is 0.540. The van der Waals surface area contributed by atoms with Gasteiger partial charge < -0.3 is 24.8 Å². The summed E-state index contributed by atoms with van der Waals surface area (Å²) in [6.07, 6.45) is -0.577. The Morgan fingerprint density at radius 1 is 1.06 bits per heavy atom. The minimum atomic E-state index is -1.08. The van der Waals surface area contributed by atoms with E-state index >= 15 is 0 Å². The molecule has 0 bridgehead atoms. The fourth-order valence-electron chi connectivity index (χ4n) is 4.20. The first-order chi connectivity index (χ1) is 16.0. The van der Waals surface area contributed by atoms with E-state index in [1.807, 2.05) is 31.2 Å². The van der Waals surface area contributed by atoms with Gasteiger partial charge in [0.1, 0.15) is 19.3 Å². The molecule has 1 aliphatic rings. The number of carbonyl (C=O) groups is 3. The maximum atomic E-state index is 12.6. The van der Waals surface area contributed by atoms with E-state index in [1.165, 1.54) is 12.0 Å². The van der Waals surface area contributed by atoms with Crippen molar-refractivity contribution in [3.63, 3.8) is 0 Å².